The third-order valence-electron chi connectivity index (χ3n) is 2.25. The summed E-state index contributed by atoms with van der Waals surface area (Å²) in [6.45, 7) is 0. The lowest BCUT2D eigenvalue weighted by Crippen LogP contribution is -1.97. The molecule has 0 spiro atoms. The second-order valence-electron chi connectivity index (χ2n) is 3.57. The Bertz CT molecular complexity index is 649. The molecule has 5 heteroatoms. The summed E-state index contributed by atoms with van der Waals surface area (Å²) in [5, 5.41) is 0. The second kappa shape index (κ2) is 5.10. The smallest absolute Gasteiger partial charge is 0.207 e. The maximum atomic E-state index is 12.7. The third kappa shape index (κ3) is 3.01. The Morgan fingerprint density at radius 2 is 1.56 bits per heavy atom. The van der Waals surface area contributed by atoms with Gasteiger partial charge in [-0.1, -0.05) is 30.3 Å². The number of hydrogen-bond donors (Lipinski definition) is 0. The Hall–Kier alpha value is -2.01. The van der Waals surface area contributed by atoms with Gasteiger partial charge in [-0.3, -0.25) is 0 Å². The Morgan fingerprint density at radius 1 is 0.944 bits per heavy atom. The highest BCUT2D eigenvalue weighted by Crippen LogP contribution is 2.11. The first-order chi connectivity index (χ1) is 8.58. The van der Waals surface area contributed by atoms with Crippen LogP contribution in [-0.4, -0.2) is 14.6 Å². The predicted octanol–water partition coefficient (Wildman–Crippen LogP) is 2.63. The summed E-state index contributed by atoms with van der Waals surface area (Å²) in [4.78, 5) is 0.128. The van der Waals surface area contributed by atoms with Crippen LogP contribution in [-0.2, 0) is 10.0 Å². The van der Waals surface area contributed by atoms with E-state index in [1.807, 2.05) is 0 Å². The van der Waals surface area contributed by atoms with Crippen molar-refractivity contribution in [2.75, 3.05) is 0 Å². The molecule has 0 saturated carbocycles. The van der Waals surface area contributed by atoms with Crippen LogP contribution in [0.25, 0.3) is 0 Å². The number of hydrogen-bond acceptors (Lipinski definition) is 2. The van der Waals surface area contributed by atoms with E-state index in [0.29, 0.717) is 5.56 Å². The van der Waals surface area contributed by atoms with Crippen molar-refractivity contribution in [3.63, 3.8) is 0 Å². The second-order valence-corrected chi connectivity index (χ2v) is 5.21. The van der Waals surface area contributed by atoms with Gasteiger partial charge in [0.15, 0.2) is 0 Å². The Morgan fingerprint density at radius 3 is 2.17 bits per heavy atom. The van der Waals surface area contributed by atoms with Crippen LogP contribution in [0.1, 0.15) is 5.56 Å². The number of sulfonamides is 1. The Balaban J connectivity index is 2.26. The standard InChI is InChI=1S/C13H10FNO2S/c14-12-8-6-11(7-9-12)10-15-18(16,17)13-4-2-1-3-5-13/h1-10H/b15-10-. The monoisotopic (exact) mass is 263 g/mol. The minimum atomic E-state index is -3.69. The highest BCUT2D eigenvalue weighted by molar-refractivity contribution is 7.90. The summed E-state index contributed by atoms with van der Waals surface area (Å²) >= 11 is 0. The summed E-state index contributed by atoms with van der Waals surface area (Å²) in [6.07, 6.45) is 1.20. The fourth-order valence-electron chi connectivity index (χ4n) is 1.33. The molecular formula is C13H10FNO2S. The number of halogens is 1. The lowest BCUT2D eigenvalue weighted by Gasteiger charge is -1.97. The van der Waals surface area contributed by atoms with Crippen molar-refractivity contribution in [2.24, 2.45) is 4.40 Å². The zero-order valence-electron chi connectivity index (χ0n) is 9.32. The molecule has 18 heavy (non-hydrogen) atoms. The van der Waals surface area contributed by atoms with Crippen molar-refractivity contribution in [1.29, 1.82) is 0 Å². The van der Waals surface area contributed by atoms with Crippen LogP contribution in [0.4, 0.5) is 4.39 Å². The van der Waals surface area contributed by atoms with Gasteiger partial charge in [-0.05, 0) is 29.8 Å². The number of benzene rings is 2. The van der Waals surface area contributed by atoms with Crippen molar-refractivity contribution in [3.05, 3.63) is 66.0 Å². The molecule has 0 atom stereocenters. The molecule has 0 amide bonds. The molecule has 0 unspecified atom stereocenters. The predicted molar refractivity (Wildman–Crippen MR) is 67.6 cm³/mol. The zero-order chi connectivity index (χ0) is 13.0. The van der Waals surface area contributed by atoms with Crippen molar-refractivity contribution in [2.45, 2.75) is 4.90 Å². The average Bonchev–Trinajstić information content (AvgIpc) is 2.39. The molecule has 0 saturated heterocycles. The van der Waals surface area contributed by atoms with E-state index >= 15 is 0 Å². The lowest BCUT2D eigenvalue weighted by atomic mass is 10.2. The van der Waals surface area contributed by atoms with Gasteiger partial charge in [0.2, 0.25) is 0 Å². The van der Waals surface area contributed by atoms with Gasteiger partial charge >= 0.3 is 0 Å². The van der Waals surface area contributed by atoms with Gasteiger partial charge < -0.3 is 0 Å². The molecular weight excluding hydrogens is 253 g/mol. The minimum absolute atomic E-state index is 0.128. The lowest BCUT2D eigenvalue weighted by molar-refractivity contribution is 0.598. The SMILES string of the molecule is O=S(=O)(/N=C\c1ccc(F)cc1)c1ccccc1. The van der Waals surface area contributed by atoms with Crippen molar-refractivity contribution < 1.29 is 12.8 Å². The van der Waals surface area contributed by atoms with E-state index in [1.54, 1.807) is 18.2 Å². The first-order valence-electron chi connectivity index (χ1n) is 5.19. The fraction of sp³-hybridized carbons (Fsp3) is 0. The maximum Gasteiger partial charge on any atom is 0.282 e. The zero-order valence-corrected chi connectivity index (χ0v) is 10.1. The maximum absolute atomic E-state index is 12.7. The van der Waals surface area contributed by atoms with Crippen LogP contribution in [0.3, 0.4) is 0 Å². The van der Waals surface area contributed by atoms with Crippen LogP contribution in [0.15, 0.2) is 63.9 Å². The summed E-state index contributed by atoms with van der Waals surface area (Å²) in [5.41, 5.74) is 0.524. The van der Waals surface area contributed by atoms with E-state index < -0.39 is 10.0 Å². The molecule has 92 valence electrons. The molecule has 2 aromatic carbocycles. The quantitative estimate of drug-likeness (QED) is 0.799. The molecule has 0 aliphatic heterocycles. The largest absolute Gasteiger partial charge is 0.282 e. The summed E-state index contributed by atoms with van der Waals surface area (Å²) in [7, 11) is -3.69. The van der Waals surface area contributed by atoms with Crippen LogP contribution in [0.5, 0.6) is 0 Å². The van der Waals surface area contributed by atoms with E-state index in [2.05, 4.69) is 4.40 Å². The Labute approximate surface area is 105 Å². The van der Waals surface area contributed by atoms with E-state index in [9.17, 15) is 12.8 Å². The molecule has 0 aromatic heterocycles. The van der Waals surface area contributed by atoms with Gasteiger partial charge in [0.1, 0.15) is 5.82 Å². The summed E-state index contributed by atoms with van der Waals surface area (Å²) < 4.78 is 39.8. The number of nitrogens with zero attached hydrogens (tertiary/aromatic N) is 1. The average molecular weight is 263 g/mol. The summed E-state index contributed by atoms with van der Waals surface area (Å²) in [5.74, 6) is -0.377. The van der Waals surface area contributed by atoms with Crippen LogP contribution in [0, 0.1) is 5.82 Å². The molecule has 0 aliphatic rings. The van der Waals surface area contributed by atoms with Crippen LogP contribution in [0.2, 0.25) is 0 Å². The molecule has 0 fully saturated rings. The van der Waals surface area contributed by atoms with E-state index in [1.165, 1.54) is 42.6 Å². The van der Waals surface area contributed by atoms with E-state index in [4.69, 9.17) is 0 Å². The topological polar surface area (TPSA) is 46.5 Å². The van der Waals surface area contributed by atoms with Crippen LogP contribution >= 0.6 is 0 Å². The van der Waals surface area contributed by atoms with Gasteiger partial charge in [0.05, 0.1) is 4.90 Å². The van der Waals surface area contributed by atoms with Crippen molar-refractivity contribution in [1.82, 2.24) is 0 Å². The first-order valence-corrected chi connectivity index (χ1v) is 6.63. The molecule has 3 nitrogen and oxygen atoms in total. The fourth-order valence-corrected chi connectivity index (χ4v) is 2.22. The van der Waals surface area contributed by atoms with Crippen molar-refractivity contribution in [3.8, 4) is 0 Å². The molecule has 0 aliphatic carbocycles. The molecule has 0 radical (unpaired) electrons. The highest BCUT2D eigenvalue weighted by atomic mass is 32.2. The molecule has 2 aromatic rings. The highest BCUT2D eigenvalue weighted by Gasteiger charge is 2.09. The van der Waals surface area contributed by atoms with Gasteiger partial charge in [-0.2, -0.15) is 12.8 Å². The Kier molecular flexibility index (Phi) is 3.53. The van der Waals surface area contributed by atoms with Gasteiger partial charge in [0.25, 0.3) is 10.0 Å². The molecule has 0 N–H and O–H groups in total. The van der Waals surface area contributed by atoms with Crippen LogP contribution < -0.4 is 0 Å². The molecule has 2 rings (SSSR count). The van der Waals surface area contributed by atoms with Crippen molar-refractivity contribution >= 4 is 16.2 Å². The molecule has 0 bridgehead atoms. The van der Waals surface area contributed by atoms with Gasteiger partial charge in [-0.25, -0.2) is 4.39 Å². The first kappa shape index (κ1) is 12.4. The van der Waals surface area contributed by atoms with Gasteiger partial charge in [0, 0.05) is 6.21 Å². The van der Waals surface area contributed by atoms with E-state index in [-0.39, 0.29) is 10.7 Å². The van der Waals surface area contributed by atoms with Gasteiger partial charge in [-0.15, -0.1) is 0 Å². The third-order valence-corrected chi connectivity index (χ3v) is 3.50. The summed E-state index contributed by atoms with van der Waals surface area (Å²) in [6, 6.07) is 13.3. The normalized spacial score (nSPS) is 11.8. The van der Waals surface area contributed by atoms with E-state index in [0.717, 1.165) is 0 Å². The molecule has 0 heterocycles. The minimum Gasteiger partial charge on any atom is -0.207 e. The number of rotatable bonds is 3.